The van der Waals surface area contributed by atoms with Crippen molar-refractivity contribution in [2.24, 2.45) is 0 Å². The van der Waals surface area contributed by atoms with Gasteiger partial charge >= 0.3 is 5.97 Å². The van der Waals surface area contributed by atoms with Crippen molar-refractivity contribution in [1.29, 1.82) is 0 Å². The van der Waals surface area contributed by atoms with E-state index in [1.807, 2.05) is 12.1 Å². The monoisotopic (exact) mass is 511 g/mol. The molecular formula is C29H25N3O4S. The number of rotatable bonds is 6. The van der Waals surface area contributed by atoms with Crippen LogP contribution >= 0.6 is 11.3 Å². The lowest BCUT2D eigenvalue weighted by Gasteiger charge is -2.28. The second-order valence-electron chi connectivity index (χ2n) is 9.05. The first-order chi connectivity index (χ1) is 18.1. The summed E-state index contributed by atoms with van der Waals surface area (Å²) in [4.78, 5) is 29.1. The number of thiophene rings is 1. The van der Waals surface area contributed by atoms with E-state index in [1.54, 1.807) is 47.7 Å². The zero-order valence-corrected chi connectivity index (χ0v) is 20.8. The smallest absolute Gasteiger partial charge is 0.336 e. The quantitative estimate of drug-likeness (QED) is 0.206. The van der Waals surface area contributed by atoms with Crippen LogP contribution in [0.2, 0.25) is 0 Å². The van der Waals surface area contributed by atoms with Crippen LogP contribution in [-0.4, -0.2) is 23.3 Å². The molecule has 0 aliphatic carbocycles. The summed E-state index contributed by atoms with van der Waals surface area (Å²) in [6.07, 6.45) is 4.84. The Morgan fingerprint density at radius 2 is 2.00 bits per heavy atom. The maximum atomic E-state index is 13.2. The number of carbonyl (C=O) groups excluding carboxylic acids is 2. The number of carbonyl (C=O) groups is 2. The van der Waals surface area contributed by atoms with Crippen LogP contribution in [0.3, 0.4) is 0 Å². The average molecular weight is 512 g/mol. The Kier molecular flexibility index (Phi) is 6.34. The molecule has 2 aromatic heterocycles. The van der Waals surface area contributed by atoms with Gasteiger partial charge in [-0.05, 0) is 53.5 Å². The number of ether oxygens (including phenoxy) is 1. The largest absolute Gasteiger partial charge is 0.465 e. The molecule has 4 aromatic rings. The van der Waals surface area contributed by atoms with Gasteiger partial charge in [0, 0.05) is 30.6 Å². The van der Waals surface area contributed by atoms with Gasteiger partial charge in [0.25, 0.3) is 5.91 Å². The third kappa shape index (κ3) is 5.07. The highest BCUT2D eigenvalue weighted by atomic mass is 32.1. The normalized spacial score (nSPS) is 17.1. The number of benzene rings is 2. The molecule has 4 heterocycles. The Morgan fingerprint density at radius 3 is 2.84 bits per heavy atom. The van der Waals surface area contributed by atoms with Gasteiger partial charge in [-0.1, -0.05) is 42.5 Å². The van der Waals surface area contributed by atoms with Gasteiger partial charge in [0.1, 0.15) is 22.7 Å². The van der Waals surface area contributed by atoms with Gasteiger partial charge in [0.2, 0.25) is 0 Å². The number of anilines is 1. The van der Waals surface area contributed by atoms with Crippen molar-refractivity contribution in [3.8, 4) is 5.75 Å². The van der Waals surface area contributed by atoms with E-state index < -0.39 is 12.1 Å². The van der Waals surface area contributed by atoms with E-state index in [4.69, 9.17) is 9.15 Å². The lowest BCUT2D eigenvalue weighted by Crippen LogP contribution is -2.38. The second kappa shape index (κ2) is 10.1. The minimum Gasteiger partial charge on any atom is -0.465 e. The van der Waals surface area contributed by atoms with Crippen LogP contribution in [0.25, 0.3) is 6.08 Å². The number of fused-ring (bicyclic) bond motifs is 3. The van der Waals surface area contributed by atoms with Crippen molar-refractivity contribution >= 4 is 34.3 Å². The van der Waals surface area contributed by atoms with Crippen molar-refractivity contribution in [1.82, 2.24) is 10.2 Å². The second-order valence-corrected chi connectivity index (χ2v) is 10.2. The summed E-state index contributed by atoms with van der Waals surface area (Å²) in [6.45, 7) is 2.65. The fourth-order valence-electron chi connectivity index (χ4n) is 4.76. The third-order valence-electron chi connectivity index (χ3n) is 6.50. The van der Waals surface area contributed by atoms with Crippen molar-refractivity contribution < 1.29 is 18.7 Å². The van der Waals surface area contributed by atoms with E-state index in [2.05, 4.69) is 39.8 Å². The summed E-state index contributed by atoms with van der Waals surface area (Å²) in [5.41, 5.74) is 4.01. The topological polar surface area (TPSA) is 83.8 Å². The molecule has 186 valence electrons. The lowest BCUT2D eigenvalue weighted by molar-refractivity contribution is -0.128. The molecule has 0 saturated carbocycles. The van der Waals surface area contributed by atoms with E-state index in [9.17, 15) is 9.59 Å². The van der Waals surface area contributed by atoms with E-state index >= 15 is 0 Å². The van der Waals surface area contributed by atoms with E-state index in [0.29, 0.717) is 11.5 Å². The number of esters is 1. The van der Waals surface area contributed by atoms with Crippen LogP contribution in [0.5, 0.6) is 5.75 Å². The molecule has 7 nitrogen and oxygen atoms in total. The van der Waals surface area contributed by atoms with E-state index in [0.717, 1.165) is 47.7 Å². The lowest BCUT2D eigenvalue weighted by atomic mass is 10.00. The molecule has 1 amide bonds. The minimum atomic E-state index is -0.512. The third-order valence-corrected chi connectivity index (χ3v) is 7.65. The molecule has 0 saturated heterocycles. The Labute approximate surface area is 218 Å². The first-order valence-corrected chi connectivity index (χ1v) is 13.0. The molecule has 6 rings (SSSR count). The van der Waals surface area contributed by atoms with Crippen LogP contribution in [0.1, 0.15) is 43.9 Å². The predicted octanol–water partition coefficient (Wildman–Crippen LogP) is 5.37. The zero-order chi connectivity index (χ0) is 25.2. The number of nitrogens with one attached hydrogen (secondary N) is 2. The SMILES string of the molecule is O=C(/C=C/c1ccco1)Oc1cccc([C@H]2NC(=O)c3c(sc4c3CCN(Cc3ccccc3)C4)N2)c1. The number of nitrogens with zero attached hydrogens (tertiary/aromatic N) is 1. The van der Waals surface area contributed by atoms with Gasteiger partial charge < -0.3 is 19.8 Å². The maximum absolute atomic E-state index is 13.2. The van der Waals surface area contributed by atoms with E-state index in [-0.39, 0.29) is 5.91 Å². The van der Waals surface area contributed by atoms with Crippen LogP contribution in [-0.2, 0) is 24.3 Å². The first kappa shape index (κ1) is 23.3. The summed E-state index contributed by atoms with van der Waals surface area (Å²) >= 11 is 1.66. The Morgan fingerprint density at radius 1 is 1.11 bits per heavy atom. The van der Waals surface area contributed by atoms with Crippen molar-refractivity contribution in [3.63, 3.8) is 0 Å². The molecule has 0 bridgehead atoms. The fraction of sp³-hybridized carbons (Fsp3) is 0.172. The molecule has 0 radical (unpaired) electrons. The fourth-order valence-corrected chi connectivity index (χ4v) is 6.07. The molecule has 2 aromatic carbocycles. The average Bonchev–Trinajstić information content (AvgIpc) is 3.56. The molecule has 2 aliphatic heterocycles. The molecule has 1 atom stereocenters. The Hall–Kier alpha value is -4.14. The predicted molar refractivity (Wildman–Crippen MR) is 142 cm³/mol. The number of hydrogen-bond acceptors (Lipinski definition) is 7. The van der Waals surface area contributed by atoms with Gasteiger partial charge in [-0.2, -0.15) is 0 Å². The van der Waals surface area contributed by atoms with Crippen molar-refractivity contribution in [3.05, 3.63) is 112 Å². The number of furan rings is 1. The summed E-state index contributed by atoms with van der Waals surface area (Å²) < 4.78 is 10.6. The van der Waals surface area contributed by atoms with Crippen LogP contribution in [0, 0.1) is 0 Å². The van der Waals surface area contributed by atoms with Crippen molar-refractivity contribution in [2.75, 3.05) is 11.9 Å². The molecule has 2 N–H and O–H groups in total. The molecule has 37 heavy (non-hydrogen) atoms. The highest BCUT2D eigenvalue weighted by Gasteiger charge is 2.33. The zero-order valence-electron chi connectivity index (χ0n) is 20.0. The summed E-state index contributed by atoms with van der Waals surface area (Å²) in [5, 5.41) is 7.46. The molecular weight excluding hydrogens is 486 g/mol. The van der Waals surface area contributed by atoms with Gasteiger partial charge in [0.15, 0.2) is 0 Å². The highest BCUT2D eigenvalue weighted by Crippen LogP contribution is 2.41. The van der Waals surface area contributed by atoms with Crippen LogP contribution in [0.15, 0.2) is 83.5 Å². The molecule has 2 aliphatic rings. The van der Waals surface area contributed by atoms with Crippen LogP contribution in [0.4, 0.5) is 5.00 Å². The van der Waals surface area contributed by atoms with E-state index in [1.165, 1.54) is 22.8 Å². The number of amides is 1. The standard InChI is InChI=1S/C29H25N3O4S/c33-25(12-11-21-10-5-15-35-21)36-22-9-4-8-20(16-22)27-30-28(34)26-23-13-14-32(17-19-6-2-1-3-7-19)18-24(23)37-29(26)31-27/h1-12,15-16,27,31H,13-14,17-18H2,(H,30,34)/b12-11+/t27-/m0/s1. The van der Waals surface area contributed by atoms with Gasteiger partial charge in [-0.15, -0.1) is 11.3 Å². The van der Waals surface area contributed by atoms with Gasteiger partial charge in [-0.3, -0.25) is 9.69 Å². The van der Waals surface area contributed by atoms with Gasteiger partial charge in [-0.25, -0.2) is 4.79 Å². The summed E-state index contributed by atoms with van der Waals surface area (Å²) in [7, 11) is 0. The summed E-state index contributed by atoms with van der Waals surface area (Å²) in [6, 6.07) is 21.1. The summed E-state index contributed by atoms with van der Waals surface area (Å²) in [5.74, 6) is 0.381. The molecule has 0 spiro atoms. The minimum absolute atomic E-state index is 0.0726. The number of hydrogen-bond donors (Lipinski definition) is 2. The van der Waals surface area contributed by atoms with Gasteiger partial charge in [0.05, 0.1) is 11.8 Å². The molecule has 8 heteroatoms. The molecule has 0 fully saturated rings. The maximum Gasteiger partial charge on any atom is 0.336 e. The van der Waals surface area contributed by atoms with Crippen molar-refractivity contribution in [2.45, 2.75) is 25.7 Å². The first-order valence-electron chi connectivity index (χ1n) is 12.1. The molecule has 0 unspecified atom stereocenters. The Bertz CT molecular complexity index is 1460. The Balaban J connectivity index is 1.15. The highest BCUT2D eigenvalue weighted by molar-refractivity contribution is 7.16. The van der Waals surface area contributed by atoms with Crippen LogP contribution < -0.4 is 15.4 Å².